The predicted octanol–water partition coefficient (Wildman–Crippen LogP) is 3.78. The molecule has 2 amide bonds. The fraction of sp³-hybridized carbons (Fsp3) is 0.385. The fourth-order valence-electron chi connectivity index (χ4n) is 4.46. The van der Waals surface area contributed by atoms with E-state index in [1.54, 1.807) is 24.3 Å². The Balaban J connectivity index is 1.70. The van der Waals surface area contributed by atoms with Gasteiger partial charge in [0.25, 0.3) is 11.8 Å². The van der Waals surface area contributed by atoms with Crippen molar-refractivity contribution in [3.05, 3.63) is 65.9 Å². The van der Waals surface area contributed by atoms with Crippen molar-refractivity contribution in [3.8, 4) is 5.75 Å². The molecule has 6 heteroatoms. The number of benzene rings is 2. The summed E-state index contributed by atoms with van der Waals surface area (Å²) in [5, 5.41) is 0. The molecule has 0 spiro atoms. The molecule has 0 saturated carbocycles. The molecule has 0 aliphatic carbocycles. The lowest BCUT2D eigenvalue weighted by Gasteiger charge is -2.36. The maximum Gasteiger partial charge on any atom is 0.282 e. The molecule has 0 atom stereocenters. The molecule has 2 aliphatic heterocycles. The van der Waals surface area contributed by atoms with Crippen molar-refractivity contribution in [2.24, 2.45) is 0 Å². The third kappa shape index (κ3) is 4.28. The standard InChI is InChI=1S/C26H31N3O3/c1-18(2)32-22-12-10-21(11-13-22)29-25(30)23(19-8-6-5-7-9-19)24(26(29)31)28(4)20-14-16-27(3)17-15-20/h5-13,18,20H,14-17H2,1-4H3. The van der Waals surface area contributed by atoms with Gasteiger partial charge in [-0.2, -0.15) is 0 Å². The van der Waals surface area contributed by atoms with Crippen LogP contribution in [0.3, 0.4) is 0 Å². The molecule has 0 radical (unpaired) electrons. The van der Waals surface area contributed by atoms with E-state index in [0.29, 0.717) is 22.7 Å². The number of hydrogen-bond acceptors (Lipinski definition) is 5. The maximum absolute atomic E-state index is 13.7. The van der Waals surface area contributed by atoms with Crippen molar-refractivity contribution in [3.63, 3.8) is 0 Å². The quantitative estimate of drug-likeness (QED) is 0.649. The average molecular weight is 434 g/mol. The molecule has 6 nitrogen and oxygen atoms in total. The summed E-state index contributed by atoms with van der Waals surface area (Å²) in [6, 6.07) is 16.9. The first-order chi connectivity index (χ1) is 15.4. The number of rotatable bonds is 6. The first-order valence-corrected chi connectivity index (χ1v) is 11.2. The van der Waals surface area contributed by atoms with E-state index in [9.17, 15) is 9.59 Å². The Morgan fingerprint density at radius 1 is 0.938 bits per heavy atom. The van der Waals surface area contributed by atoms with Crippen LogP contribution in [0.1, 0.15) is 32.3 Å². The van der Waals surface area contributed by atoms with Gasteiger partial charge in [-0.05, 0) is 76.7 Å². The first kappa shape index (κ1) is 22.1. The van der Waals surface area contributed by atoms with Crippen molar-refractivity contribution in [2.75, 3.05) is 32.1 Å². The van der Waals surface area contributed by atoms with Crippen LogP contribution < -0.4 is 9.64 Å². The van der Waals surface area contributed by atoms with E-state index in [-0.39, 0.29) is 24.0 Å². The van der Waals surface area contributed by atoms with Gasteiger partial charge in [0.1, 0.15) is 11.4 Å². The number of carbonyl (C=O) groups is 2. The average Bonchev–Trinajstić information content (AvgIpc) is 3.04. The summed E-state index contributed by atoms with van der Waals surface area (Å²) < 4.78 is 5.71. The second kappa shape index (κ2) is 9.17. The summed E-state index contributed by atoms with van der Waals surface area (Å²) in [7, 11) is 4.06. The number of ether oxygens (including phenoxy) is 1. The third-order valence-electron chi connectivity index (χ3n) is 6.18. The highest BCUT2D eigenvalue weighted by Gasteiger charge is 2.43. The molecule has 2 heterocycles. The molecule has 0 bridgehead atoms. The van der Waals surface area contributed by atoms with Gasteiger partial charge in [-0.25, -0.2) is 4.90 Å². The van der Waals surface area contributed by atoms with E-state index in [1.165, 1.54) is 4.90 Å². The van der Waals surface area contributed by atoms with Gasteiger partial charge in [-0.15, -0.1) is 0 Å². The molecule has 168 valence electrons. The summed E-state index contributed by atoms with van der Waals surface area (Å²) in [6.07, 6.45) is 1.97. The van der Waals surface area contributed by atoms with Gasteiger partial charge in [0.15, 0.2) is 0 Å². The number of imide groups is 1. The van der Waals surface area contributed by atoms with E-state index in [2.05, 4.69) is 11.9 Å². The van der Waals surface area contributed by atoms with E-state index in [4.69, 9.17) is 4.74 Å². The zero-order chi connectivity index (χ0) is 22.8. The number of likely N-dealkylation sites (N-methyl/N-ethyl adjacent to an activating group) is 1. The summed E-state index contributed by atoms with van der Waals surface area (Å²) in [5.74, 6) is 0.157. The second-order valence-electron chi connectivity index (χ2n) is 8.84. The van der Waals surface area contributed by atoms with E-state index < -0.39 is 0 Å². The highest BCUT2D eigenvalue weighted by atomic mass is 16.5. The number of piperidine rings is 1. The molecule has 0 N–H and O–H groups in total. The monoisotopic (exact) mass is 433 g/mol. The lowest BCUT2D eigenvalue weighted by molar-refractivity contribution is -0.120. The lowest BCUT2D eigenvalue weighted by Crippen LogP contribution is -2.43. The molecule has 4 rings (SSSR count). The van der Waals surface area contributed by atoms with Crippen LogP contribution in [-0.2, 0) is 9.59 Å². The molecule has 1 saturated heterocycles. The number of amides is 2. The minimum Gasteiger partial charge on any atom is -0.491 e. The Labute approximate surface area is 190 Å². The van der Waals surface area contributed by atoms with Gasteiger partial charge in [0, 0.05) is 13.1 Å². The van der Waals surface area contributed by atoms with Crippen LogP contribution in [0, 0.1) is 0 Å². The van der Waals surface area contributed by atoms with Crippen molar-refractivity contribution < 1.29 is 14.3 Å². The Kier molecular flexibility index (Phi) is 6.33. The van der Waals surface area contributed by atoms with Crippen LogP contribution in [0.25, 0.3) is 5.57 Å². The van der Waals surface area contributed by atoms with Crippen LogP contribution in [0.5, 0.6) is 5.75 Å². The number of anilines is 1. The van der Waals surface area contributed by atoms with Gasteiger partial charge in [-0.3, -0.25) is 9.59 Å². The van der Waals surface area contributed by atoms with Crippen LogP contribution in [-0.4, -0.2) is 60.9 Å². The fourth-order valence-corrected chi connectivity index (χ4v) is 4.46. The van der Waals surface area contributed by atoms with Gasteiger partial charge in [-0.1, -0.05) is 30.3 Å². The summed E-state index contributed by atoms with van der Waals surface area (Å²) in [4.78, 5) is 32.9. The summed E-state index contributed by atoms with van der Waals surface area (Å²) in [6.45, 7) is 5.88. The van der Waals surface area contributed by atoms with Gasteiger partial charge < -0.3 is 14.5 Å². The lowest BCUT2D eigenvalue weighted by atomic mass is 10.0. The largest absolute Gasteiger partial charge is 0.491 e. The highest BCUT2D eigenvalue weighted by molar-refractivity contribution is 6.45. The molecule has 32 heavy (non-hydrogen) atoms. The minimum absolute atomic E-state index is 0.0528. The van der Waals surface area contributed by atoms with Gasteiger partial charge >= 0.3 is 0 Å². The van der Waals surface area contributed by atoms with Crippen molar-refractivity contribution in [1.82, 2.24) is 9.80 Å². The molecule has 0 aromatic heterocycles. The first-order valence-electron chi connectivity index (χ1n) is 11.2. The number of carbonyl (C=O) groups excluding carboxylic acids is 2. The molecular formula is C26H31N3O3. The van der Waals surface area contributed by atoms with E-state index >= 15 is 0 Å². The van der Waals surface area contributed by atoms with Crippen molar-refractivity contribution >= 4 is 23.1 Å². The topological polar surface area (TPSA) is 53.1 Å². The second-order valence-corrected chi connectivity index (χ2v) is 8.84. The van der Waals surface area contributed by atoms with Crippen molar-refractivity contribution in [2.45, 2.75) is 38.8 Å². The normalized spacial score (nSPS) is 18.1. The van der Waals surface area contributed by atoms with E-state index in [1.807, 2.05) is 56.1 Å². The molecule has 1 fully saturated rings. The van der Waals surface area contributed by atoms with E-state index in [0.717, 1.165) is 31.5 Å². The number of likely N-dealkylation sites (tertiary alicyclic amines) is 1. The highest BCUT2D eigenvalue weighted by Crippen LogP contribution is 2.36. The molecular weight excluding hydrogens is 402 g/mol. The predicted molar refractivity (Wildman–Crippen MR) is 126 cm³/mol. The smallest absolute Gasteiger partial charge is 0.282 e. The maximum atomic E-state index is 13.7. The zero-order valence-corrected chi connectivity index (χ0v) is 19.2. The van der Waals surface area contributed by atoms with Crippen LogP contribution in [0.15, 0.2) is 60.3 Å². The Morgan fingerprint density at radius 2 is 1.56 bits per heavy atom. The summed E-state index contributed by atoms with van der Waals surface area (Å²) in [5.41, 5.74) is 2.27. The molecule has 0 unspecified atom stereocenters. The van der Waals surface area contributed by atoms with Crippen LogP contribution >= 0.6 is 0 Å². The SMILES string of the molecule is CC(C)Oc1ccc(N2C(=O)C(c3ccccc3)=C(N(C)C3CCN(C)CC3)C2=O)cc1. The van der Waals surface area contributed by atoms with Crippen molar-refractivity contribution in [1.29, 1.82) is 0 Å². The Bertz CT molecular complexity index is 1010. The number of nitrogens with zero attached hydrogens (tertiary/aromatic N) is 3. The third-order valence-corrected chi connectivity index (χ3v) is 6.18. The molecule has 2 aliphatic rings. The molecule has 2 aromatic rings. The minimum atomic E-state index is -0.284. The van der Waals surface area contributed by atoms with Gasteiger partial charge in [0.05, 0.1) is 17.4 Å². The van der Waals surface area contributed by atoms with Gasteiger partial charge in [0.2, 0.25) is 0 Å². The molecule has 2 aromatic carbocycles. The Hall–Kier alpha value is -3.12. The number of hydrogen-bond donors (Lipinski definition) is 0. The van der Waals surface area contributed by atoms with Crippen LogP contribution in [0.4, 0.5) is 5.69 Å². The zero-order valence-electron chi connectivity index (χ0n) is 19.2. The summed E-state index contributed by atoms with van der Waals surface area (Å²) >= 11 is 0. The van der Waals surface area contributed by atoms with Crippen LogP contribution in [0.2, 0.25) is 0 Å². The Morgan fingerprint density at radius 3 is 2.16 bits per heavy atom.